The second-order valence-corrected chi connectivity index (χ2v) is 12.0. The molecule has 1 aliphatic heterocycles. The van der Waals surface area contributed by atoms with Crippen LogP contribution in [0.25, 0.3) is 6.08 Å². The third kappa shape index (κ3) is 5.64. The molecular weight excluding hydrogens is 443 g/mol. The maximum Gasteiger partial charge on any atom is 0.624 e. The second kappa shape index (κ2) is 9.73. The second-order valence-electron chi connectivity index (χ2n) is 12.0. The number of hydrogen-bond donors (Lipinski definition) is 0. The molecule has 0 atom stereocenters. The molecule has 0 spiro atoms. The predicted octanol–water partition coefficient (Wildman–Crippen LogP) is 8.01. The number of ether oxygens (including phenoxy) is 1. The zero-order chi connectivity index (χ0) is 26.3. The van der Waals surface area contributed by atoms with Gasteiger partial charge in [0.05, 0.1) is 7.11 Å². The van der Waals surface area contributed by atoms with Gasteiger partial charge in [-0.15, -0.1) is 0 Å². The zero-order valence-corrected chi connectivity index (χ0v) is 23.3. The zero-order valence-electron chi connectivity index (χ0n) is 23.3. The molecule has 188 valence electrons. The first-order valence-corrected chi connectivity index (χ1v) is 12.8. The van der Waals surface area contributed by atoms with Crippen molar-refractivity contribution in [2.75, 3.05) is 7.11 Å². The Morgan fingerprint density at radius 3 is 1.64 bits per heavy atom. The predicted molar refractivity (Wildman–Crippen MR) is 152 cm³/mol. The van der Waals surface area contributed by atoms with Gasteiger partial charge < -0.3 is 14.0 Å². The molecule has 0 saturated carbocycles. The highest BCUT2D eigenvalue weighted by Crippen LogP contribution is 2.42. The third-order valence-electron chi connectivity index (χ3n) is 6.65. The Labute approximate surface area is 217 Å². The normalized spacial score (nSPS) is 13.9. The van der Waals surface area contributed by atoms with Gasteiger partial charge in [0.15, 0.2) is 0 Å². The lowest BCUT2D eigenvalue weighted by atomic mass is 9.78. The van der Waals surface area contributed by atoms with Gasteiger partial charge >= 0.3 is 7.12 Å². The van der Waals surface area contributed by atoms with Crippen LogP contribution in [0.3, 0.4) is 0 Å². The fraction of sp³-hybridized carbons (Fsp3) is 0.375. The molecule has 3 nitrogen and oxygen atoms in total. The van der Waals surface area contributed by atoms with Crippen molar-refractivity contribution in [3.63, 3.8) is 0 Å². The molecule has 1 aliphatic rings. The summed E-state index contributed by atoms with van der Waals surface area (Å²) < 4.78 is 18.8. The van der Waals surface area contributed by atoms with Gasteiger partial charge in [-0.25, -0.2) is 0 Å². The minimum atomic E-state index is -0.572. The first-order chi connectivity index (χ1) is 16.8. The maximum atomic E-state index is 6.74. The van der Waals surface area contributed by atoms with Crippen molar-refractivity contribution in [2.45, 2.75) is 72.6 Å². The minimum Gasteiger partial charge on any atom is -0.522 e. The Morgan fingerprint density at radius 2 is 1.22 bits per heavy atom. The summed E-state index contributed by atoms with van der Waals surface area (Å²) in [5.74, 6) is 4.71. The van der Waals surface area contributed by atoms with Crippen LogP contribution < -0.4 is 14.0 Å². The first-order valence-electron chi connectivity index (χ1n) is 12.8. The van der Waals surface area contributed by atoms with Crippen LogP contribution >= 0.6 is 0 Å². The number of fused-ring (bicyclic) bond motifs is 2. The molecule has 0 bridgehead atoms. The maximum absolute atomic E-state index is 6.74. The Morgan fingerprint density at radius 1 is 0.750 bits per heavy atom. The summed E-state index contributed by atoms with van der Waals surface area (Å²) in [4.78, 5) is 0. The number of rotatable bonds is 3. The molecule has 3 aromatic rings. The van der Waals surface area contributed by atoms with Gasteiger partial charge in [-0.3, -0.25) is 0 Å². The van der Waals surface area contributed by atoms with Crippen molar-refractivity contribution >= 4 is 13.2 Å². The van der Waals surface area contributed by atoms with Crippen molar-refractivity contribution in [2.24, 2.45) is 0 Å². The first kappa shape index (κ1) is 25.9. The van der Waals surface area contributed by atoms with Crippen LogP contribution in [0.2, 0.25) is 0 Å². The van der Waals surface area contributed by atoms with E-state index in [0.717, 1.165) is 29.2 Å². The molecule has 1 heterocycles. The van der Waals surface area contributed by atoms with Gasteiger partial charge in [-0.1, -0.05) is 95.1 Å². The lowest BCUT2D eigenvalue weighted by Gasteiger charge is -2.32. The van der Waals surface area contributed by atoms with Gasteiger partial charge in [-0.2, -0.15) is 0 Å². The third-order valence-corrected chi connectivity index (χ3v) is 6.65. The molecule has 0 amide bonds. The smallest absolute Gasteiger partial charge is 0.522 e. The summed E-state index contributed by atoms with van der Waals surface area (Å²) in [5, 5.41) is 0. The van der Waals surface area contributed by atoms with Crippen molar-refractivity contribution < 1.29 is 14.0 Å². The van der Waals surface area contributed by atoms with Gasteiger partial charge in [-0.05, 0) is 70.6 Å². The van der Waals surface area contributed by atoms with E-state index < -0.39 is 7.12 Å². The van der Waals surface area contributed by atoms with Gasteiger partial charge in [0, 0.05) is 6.42 Å². The van der Waals surface area contributed by atoms with Crippen molar-refractivity contribution in [3.8, 4) is 17.2 Å². The molecule has 0 aromatic heterocycles. The van der Waals surface area contributed by atoms with Gasteiger partial charge in [0.25, 0.3) is 0 Å². The van der Waals surface area contributed by atoms with Crippen molar-refractivity contribution in [1.82, 2.24) is 0 Å². The van der Waals surface area contributed by atoms with E-state index in [2.05, 4.69) is 85.7 Å². The van der Waals surface area contributed by atoms with Crippen LogP contribution in [0.5, 0.6) is 17.2 Å². The van der Waals surface area contributed by atoms with E-state index in [1.165, 1.54) is 33.4 Å². The standard InChI is InChI=1S/C32H39BO3/c1-21-16-24-20-25-17-22(2)19-28(32(6,7)8)30(25)36-33(35-29(24)27(18-21)31(3,4)5)15-14-23-10-12-26(34-9)13-11-23/h10-19H,20H2,1-9H3/b15-14+. The van der Waals surface area contributed by atoms with Crippen LogP contribution in [-0.2, 0) is 17.3 Å². The Balaban J connectivity index is 1.88. The van der Waals surface area contributed by atoms with Crippen LogP contribution in [-0.4, -0.2) is 14.2 Å². The lowest BCUT2D eigenvalue weighted by molar-refractivity contribution is 0.406. The summed E-state index contributed by atoms with van der Waals surface area (Å²) >= 11 is 0. The summed E-state index contributed by atoms with van der Waals surface area (Å²) in [6.07, 6.45) is 2.83. The van der Waals surface area contributed by atoms with E-state index >= 15 is 0 Å². The number of aryl methyl sites for hydroxylation is 2. The van der Waals surface area contributed by atoms with Gasteiger partial charge in [0.2, 0.25) is 0 Å². The van der Waals surface area contributed by atoms with E-state index in [1.807, 2.05) is 30.2 Å². The Bertz CT molecular complexity index is 1200. The monoisotopic (exact) mass is 482 g/mol. The van der Waals surface area contributed by atoms with Crippen LogP contribution in [0, 0.1) is 13.8 Å². The highest BCUT2D eigenvalue weighted by molar-refractivity contribution is 6.53. The molecule has 3 aromatic carbocycles. The topological polar surface area (TPSA) is 27.7 Å². The quantitative estimate of drug-likeness (QED) is 0.354. The summed E-state index contributed by atoms with van der Waals surface area (Å²) in [5.41, 5.74) is 8.25. The number of benzene rings is 3. The van der Waals surface area contributed by atoms with E-state index in [0.29, 0.717) is 0 Å². The SMILES string of the molecule is COc1ccc(/C=C/B2Oc3c(cc(C)cc3C(C)(C)C)Cc3cc(C)cc(C(C)(C)C)c3O2)cc1. The van der Waals surface area contributed by atoms with E-state index in [9.17, 15) is 0 Å². The average Bonchev–Trinajstić information content (AvgIpc) is 2.77. The fourth-order valence-corrected chi connectivity index (χ4v) is 4.80. The van der Waals surface area contributed by atoms with Crippen LogP contribution in [0.1, 0.15) is 80.5 Å². The molecule has 0 N–H and O–H groups in total. The van der Waals surface area contributed by atoms with E-state index in [1.54, 1.807) is 7.11 Å². The highest BCUT2D eigenvalue weighted by Gasteiger charge is 2.33. The summed E-state index contributed by atoms with van der Waals surface area (Å²) in [6, 6.07) is 17.0. The number of hydrogen-bond acceptors (Lipinski definition) is 3. The van der Waals surface area contributed by atoms with Crippen molar-refractivity contribution in [3.05, 3.63) is 93.5 Å². The minimum absolute atomic E-state index is 0.0639. The molecule has 4 heteroatoms. The average molecular weight is 482 g/mol. The Hall–Kier alpha value is -3.14. The molecule has 36 heavy (non-hydrogen) atoms. The van der Waals surface area contributed by atoms with Crippen LogP contribution in [0.4, 0.5) is 0 Å². The largest absolute Gasteiger partial charge is 0.624 e. The molecule has 0 radical (unpaired) electrons. The number of methoxy groups -OCH3 is 1. The van der Waals surface area contributed by atoms with Gasteiger partial charge in [0.1, 0.15) is 17.2 Å². The summed E-state index contributed by atoms with van der Waals surface area (Å²) in [7, 11) is 1.11. The molecule has 0 fully saturated rings. The molecule has 0 saturated heterocycles. The summed E-state index contributed by atoms with van der Waals surface area (Å²) in [6.45, 7) is 17.8. The fourth-order valence-electron chi connectivity index (χ4n) is 4.80. The van der Waals surface area contributed by atoms with Crippen molar-refractivity contribution in [1.29, 1.82) is 0 Å². The lowest BCUT2D eigenvalue weighted by Crippen LogP contribution is -2.33. The molecule has 4 rings (SSSR count). The van der Waals surface area contributed by atoms with Crippen LogP contribution in [0.15, 0.2) is 54.5 Å². The molecular formula is C32H39BO3. The van der Waals surface area contributed by atoms with E-state index in [-0.39, 0.29) is 10.8 Å². The Kier molecular flexibility index (Phi) is 7.01. The highest BCUT2D eigenvalue weighted by atomic mass is 16.6. The molecule has 0 unspecified atom stereocenters. The van der Waals surface area contributed by atoms with E-state index in [4.69, 9.17) is 14.0 Å². The molecule has 0 aliphatic carbocycles.